The van der Waals surface area contributed by atoms with E-state index in [4.69, 9.17) is 0 Å². The maximum atomic E-state index is 13.1. The fourth-order valence-electron chi connectivity index (χ4n) is 4.82. The van der Waals surface area contributed by atoms with E-state index in [0.717, 1.165) is 25.2 Å². The lowest BCUT2D eigenvalue weighted by Gasteiger charge is -2.32. The Kier molecular flexibility index (Phi) is 3.35. The van der Waals surface area contributed by atoms with E-state index in [9.17, 15) is 4.79 Å². The largest absolute Gasteiger partial charge is 0.374 e. The molecule has 3 atom stereocenters. The smallest absolute Gasteiger partial charge is 0.165 e. The highest BCUT2D eigenvalue weighted by Gasteiger charge is 2.45. The first-order chi connectivity index (χ1) is 10.7. The molecule has 2 aliphatic carbocycles. The van der Waals surface area contributed by atoms with Crippen LogP contribution in [-0.4, -0.2) is 33.3 Å². The van der Waals surface area contributed by atoms with Crippen LogP contribution >= 0.6 is 0 Å². The molecule has 4 rings (SSSR count). The number of Topliss-reactive ketones (excluding diaryl/α,β-unsaturated/α-hetero) is 1. The van der Waals surface area contributed by atoms with Gasteiger partial charge in [-0.05, 0) is 32.6 Å². The molecule has 3 aliphatic rings. The lowest BCUT2D eigenvalue weighted by atomic mass is 9.75. The van der Waals surface area contributed by atoms with Crippen LogP contribution in [0.1, 0.15) is 44.3 Å². The summed E-state index contributed by atoms with van der Waals surface area (Å²) in [6, 6.07) is 0.594. The highest BCUT2D eigenvalue weighted by Crippen LogP contribution is 2.47. The standard InChI is InChI=1S/C18H25N3O/c1-12-19-9-10-21(12)11-13-7-8-16-17(18(13)22)14-5-3-4-6-15(14)20(16)2/h9-10,13-15H,3-8,11H2,1-2H3. The molecule has 1 aliphatic heterocycles. The summed E-state index contributed by atoms with van der Waals surface area (Å²) in [4.78, 5) is 19.8. The number of nitrogens with zero attached hydrogens (tertiary/aromatic N) is 3. The number of aryl methyl sites for hydroxylation is 1. The van der Waals surface area contributed by atoms with Crippen molar-refractivity contribution in [3.8, 4) is 0 Å². The molecule has 0 radical (unpaired) electrons. The lowest BCUT2D eigenvalue weighted by Crippen LogP contribution is -2.33. The molecule has 0 saturated heterocycles. The van der Waals surface area contributed by atoms with Crippen molar-refractivity contribution in [2.24, 2.45) is 11.8 Å². The Morgan fingerprint density at radius 1 is 1.27 bits per heavy atom. The van der Waals surface area contributed by atoms with Crippen molar-refractivity contribution in [1.82, 2.24) is 14.5 Å². The molecule has 1 saturated carbocycles. The van der Waals surface area contributed by atoms with Crippen molar-refractivity contribution >= 4 is 5.78 Å². The molecule has 0 aromatic carbocycles. The molecule has 2 heterocycles. The summed E-state index contributed by atoms with van der Waals surface area (Å²) in [5.41, 5.74) is 2.56. The average molecular weight is 299 g/mol. The number of imidazole rings is 1. The second-order valence-corrected chi connectivity index (χ2v) is 7.16. The number of rotatable bonds is 2. The third-order valence-corrected chi connectivity index (χ3v) is 6.04. The minimum Gasteiger partial charge on any atom is -0.374 e. The zero-order chi connectivity index (χ0) is 15.3. The molecule has 118 valence electrons. The highest BCUT2D eigenvalue weighted by molar-refractivity contribution is 5.99. The first kappa shape index (κ1) is 14.0. The zero-order valence-electron chi connectivity index (χ0n) is 13.6. The van der Waals surface area contributed by atoms with Gasteiger partial charge in [0.2, 0.25) is 0 Å². The van der Waals surface area contributed by atoms with Crippen LogP contribution in [0.25, 0.3) is 0 Å². The van der Waals surface area contributed by atoms with E-state index in [-0.39, 0.29) is 5.92 Å². The van der Waals surface area contributed by atoms with Gasteiger partial charge in [-0.1, -0.05) is 12.8 Å². The van der Waals surface area contributed by atoms with Crippen LogP contribution in [0.2, 0.25) is 0 Å². The third kappa shape index (κ3) is 2.03. The predicted molar refractivity (Wildman–Crippen MR) is 85.2 cm³/mol. The van der Waals surface area contributed by atoms with Crippen molar-refractivity contribution in [2.45, 2.75) is 58.0 Å². The summed E-state index contributed by atoms with van der Waals surface area (Å²) >= 11 is 0. The number of allylic oxidation sites excluding steroid dienone is 1. The van der Waals surface area contributed by atoms with Crippen LogP contribution < -0.4 is 0 Å². The quantitative estimate of drug-likeness (QED) is 0.842. The molecule has 4 nitrogen and oxygen atoms in total. The fraction of sp³-hybridized carbons (Fsp3) is 0.667. The maximum Gasteiger partial charge on any atom is 0.165 e. The molecule has 1 aromatic heterocycles. The number of hydrogen-bond donors (Lipinski definition) is 0. The SMILES string of the molecule is Cc1nccn1CC1CCC2=C(C1=O)C1CCCCC1N2C. The Morgan fingerprint density at radius 3 is 2.86 bits per heavy atom. The van der Waals surface area contributed by atoms with Gasteiger partial charge in [0.1, 0.15) is 5.82 Å². The molecule has 3 unspecified atom stereocenters. The van der Waals surface area contributed by atoms with Gasteiger partial charge in [0.05, 0.1) is 0 Å². The normalized spacial score (nSPS) is 31.5. The number of fused-ring (bicyclic) bond motifs is 2. The van der Waals surface area contributed by atoms with E-state index in [1.165, 1.54) is 37.0 Å². The Bertz CT molecular complexity index is 630. The van der Waals surface area contributed by atoms with Gasteiger partial charge in [0.15, 0.2) is 5.78 Å². The third-order valence-electron chi connectivity index (χ3n) is 6.04. The van der Waals surface area contributed by atoms with Crippen LogP contribution in [0.5, 0.6) is 0 Å². The van der Waals surface area contributed by atoms with Gasteiger partial charge >= 0.3 is 0 Å². The van der Waals surface area contributed by atoms with E-state index in [2.05, 4.69) is 21.5 Å². The summed E-state index contributed by atoms with van der Waals surface area (Å²) in [5.74, 6) is 2.08. The average Bonchev–Trinajstić information content (AvgIpc) is 3.05. The van der Waals surface area contributed by atoms with Gasteiger partial charge in [-0.2, -0.15) is 0 Å². The zero-order valence-corrected chi connectivity index (χ0v) is 13.6. The van der Waals surface area contributed by atoms with Crippen molar-refractivity contribution in [3.63, 3.8) is 0 Å². The van der Waals surface area contributed by atoms with E-state index < -0.39 is 0 Å². The summed E-state index contributed by atoms with van der Waals surface area (Å²) in [7, 11) is 2.21. The second kappa shape index (κ2) is 5.25. The molecule has 22 heavy (non-hydrogen) atoms. The monoisotopic (exact) mass is 299 g/mol. The first-order valence-electron chi connectivity index (χ1n) is 8.64. The first-order valence-corrected chi connectivity index (χ1v) is 8.64. The van der Waals surface area contributed by atoms with E-state index >= 15 is 0 Å². The van der Waals surface area contributed by atoms with Gasteiger partial charge in [-0.15, -0.1) is 0 Å². The molecular formula is C18H25N3O. The lowest BCUT2D eigenvalue weighted by molar-refractivity contribution is -0.120. The number of hydrogen-bond acceptors (Lipinski definition) is 3. The van der Waals surface area contributed by atoms with Crippen LogP contribution in [0.15, 0.2) is 23.7 Å². The Balaban J connectivity index is 1.60. The minimum absolute atomic E-state index is 0.140. The van der Waals surface area contributed by atoms with Gasteiger partial charge < -0.3 is 9.47 Å². The van der Waals surface area contributed by atoms with Crippen LogP contribution in [0.3, 0.4) is 0 Å². The fourth-order valence-corrected chi connectivity index (χ4v) is 4.82. The van der Waals surface area contributed by atoms with E-state index in [0.29, 0.717) is 17.7 Å². The maximum absolute atomic E-state index is 13.1. The van der Waals surface area contributed by atoms with Gasteiger partial charge in [-0.25, -0.2) is 4.98 Å². The number of carbonyl (C=O) groups excluding carboxylic acids is 1. The Hall–Kier alpha value is -1.58. The Labute approximate surface area is 132 Å². The summed E-state index contributed by atoms with van der Waals surface area (Å²) in [6.07, 6.45) is 10.9. The molecule has 1 aromatic rings. The topological polar surface area (TPSA) is 38.1 Å². The van der Waals surface area contributed by atoms with Gasteiger partial charge in [0.25, 0.3) is 0 Å². The molecule has 0 bridgehead atoms. The number of carbonyl (C=O) groups is 1. The van der Waals surface area contributed by atoms with Gasteiger partial charge in [0, 0.05) is 55.1 Å². The van der Waals surface area contributed by atoms with Crippen molar-refractivity contribution in [3.05, 3.63) is 29.5 Å². The van der Waals surface area contributed by atoms with Crippen molar-refractivity contribution < 1.29 is 4.79 Å². The highest BCUT2D eigenvalue weighted by atomic mass is 16.1. The van der Waals surface area contributed by atoms with Gasteiger partial charge in [-0.3, -0.25) is 4.79 Å². The Morgan fingerprint density at radius 2 is 2.09 bits per heavy atom. The second-order valence-electron chi connectivity index (χ2n) is 7.16. The molecule has 4 heteroatoms. The number of ketones is 1. The predicted octanol–water partition coefficient (Wildman–Crippen LogP) is 2.93. The minimum atomic E-state index is 0.140. The molecule has 0 amide bonds. The van der Waals surface area contributed by atoms with E-state index in [1.807, 2.05) is 19.3 Å². The molecule has 0 N–H and O–H groups in total. The summed E-state index contributed by atoms with van der Waals surface area (Å²) < 4.78 is 2.13. The van der Waals surface area contributed by atoms with Crippen LogP contribution in [0, 0.1) is 18.8 Å². The molecular weight excluding hydrogens is 274 g/mol. The summed E-state index contributed by atoms with van der Waals surface area (Å²) in [5, 5.41) is 0. The van der Waals surface area contributed by atoms with Crippen molar-refractivity contribution in [2.75, 3.05) is 7.05 Å². The molecule has 0 spiro atoms. The summed E-state index contributed by atoms with van der Waals surface area (Å²) in [6.45, 7) is 2.81. The van der Waals surface area contributed by atoms with Crippen LogP contribution in [-0.2, 0) is 11.3 Å². The van der Waals surface area contributed by atoms with Crippen molar-refractivity contribution in [1.29, 1.82) is 0 Å². The van der Waals surface area contributed by atoms with Crippen LogP contribution in [0.4, 0.5) is 0 Å². The number of aromatic nitrogens is 2. The van der Waals surface area contributed by atoms with E-state index in [1.54, 1.807) is 0 Å². The molecule has 1 fully saturated rings.